The van der Waals surface area contributed by atoms with Gasteiger partial charge in [-0.25, -0.2) is 0 Å². The molecule has 0 radical (unpaired) electrons. The summed E-state index contributed by atoms with van der Waals surface area (Å²) in [4.78, 5) is 14.9. The zero-order valence-corrected chi connectivity index (χ0v) is 12.0. The van der Waals surface area contributed by atoms with Crippen molar-refractivity contribution >= 4 is 17.4 Å². The van der Waals surface area contributed by atoms with E-state index in [2.05, 4.69) is 9.59 Å². The van der Waals surface area contributed by atoms with Crippen molar-refractivity contribution in [3.8, 4) is 0 Å². The number of aliphatic hydroxyl groups excluding tert-OH is 1. The van der Waals surface area contributed by atoms with Gasteiger partial charge in [-0.05, 0) is 24.9 Å². The summed E-state index contributed by atoms with van der Waals surface area (Å²) >= 11 is 1.15. The Morgan fingerprint density at radius 1 is 1.63 bits per heavy atom. The molecule has 1 aromatic heterocycles. The van der Waals surface area contributed by atoms with Crippen molar-refractivity contribution in [3.63, 3.8) is 0 Å². The average Bonchev–Trinajstić information content (AvgIpc) is 2.87. The first-order valence-electron chi connectivity index (χ1n) is 6.52. The molecule has 106 valence electrons. The van der Waals surface area contributed by atoms with Crippen LogP contribution < -0.4 is 0 Å². The fraction of sp³-hybridized carbons (Fsp3) is 0.750. The monoisotopic (exact) mass is 285 g/mol. The molecule has 6 nitrogen and oxygen atoms in total. The molecular formula is C12H19N3O3S. The molecule has 0 spiro atoms. The van der Waals surface area contributed by atoms with Gasteiger partial charge in [-0.1, -0.05) is 17.8 Å². The summed E-state index contributed by atoms with van der Waals surface area (Å²) in [5.74, 6) is -0.0484. The number of aliphatic hydroxyl groups is 1. The van der Waals surface area contributed by atoms with Crippen molar-refractivity contribution in [1.82, 2.24) is 14.5 Å². The zero-order valence-electron chi connectivity index (χ0n) is 11.2. The van der Waals surface area contributed by atoms with Crippen LogP contribution in [0.1, 0.15) is 35.6 Å². The van der Waals surface area contributed by atoms with Crippen molar-refractivity contribution in [2.45, 2.75) is 38.8 Å². The predicted octanol–water partition coefficient (Wildman–Crippen LogP) is 0.712. The van der Waals surface area contributed by atoms with Crippen LogP contribution in [0.25, 0.3) is 0 Å². The lowest BCUT2D eigenvalue weighted by Gasteiger charge is -2.37. The number of amides is 1. The Kier molecular flexibility index (Phi) is 4.84. The molecular weight excluding hydrogens is 266 g/mol. The Hall–Kier alpha value is -1.05. The number of carbonyl (C=O) groups is 1. The van der Waals surface area contributed by atoms with E-state index in [9.17, 15) is 4.79 Å². The number of morpholine rings is 1. The first-order valence-corrected chi connectivity index (χ1v) is 7.29. The molecule has 1 fully saturated rings. The lowest BCUT2D eigenvalue weighted by atomic mass is 10.1. The highest BCUT2D eigenvalue weighted by molar-refractivity contribution is 7.08. The van der Waals surface area contributed by atoms with Crippen molar-refractivity contribution in [2.24, 2.45) is 0 Å². The Bertz CT molecular complexity index is 438. The number of carbonyl (C=O) groups excluding carboxylic acids is 1. The number of rotatable bonds is 4. The third kappa shape index (κ3) is 3.10. The van der Waals surface area contributed by atoms with Gasteiger partial charge < -0.3 is 14.7 Å². The van der Waals surface area contributed by atoms with Gasteiger partial charge >= 0.3 is 0 Å². The second-order valence-corrected chi connectivity index (χ2v) is 5.50. The summed E-state index contributed by atoms with van der Waals surface area (Å²) in [5, 5.41) is 13.2. The fourth-order valence-electron chi connectivity index (χ4n) is 2.11. The summed E-state index contributed by atoms with van der Waals surface area (Å²) in [5.41, 5.74) is 0.775. The summed E-state index contributed by atoms with van der Waals surface area (Å²) in [6.07, 6.45) is 1.40. The number of ether oxygens (including phenoxy) is 1. The van der Waals surface area contributed by atoms with Crippen molar-refractivity contribution in [1.29, 1.82) is 0 Å². The summed E-state index contributed by atoms with van der Waals surface area (Å²) in [6.45, 7) is 4.79. The van der Waals surface area contributed by atoms with E-state index < -0.39 is 0 Å². The minimum absolute atomic E-state index is 0.00637. The van der Waals surface area contributed by atoms with Gasteiger partial charge in [0.15, 0.2) is 0 Å². The smallest absolute Gasteiger partial charge is 0.267 e. The molecule has 2 rings (SSSR count). The van der Waals surface area contributed by atoms with E-state index in [0.29, 0.717) is 18.0 Å². The predicted molar refractivity (Wildman–Crippen MR) is 71.2 cm³/mol. The number of nitrogens with zero attached hydrogens (tertiary/aromatic N) is 3. The van der Waals surface area contributed by atoms with Crippen LogP contribution in [0.3, 0.4) is 0 Å². The molecule has 1 aliphatic heterocycles. The number of hydrogen-bond acceptors (Lipinski definition) is 6. The zero-order chi connectivity index (χ0) is 13.8. The molecule has 1 N–H and O–H groups in total. The number of hydrogen-bond donors (Lipinski definition) is 1. The van der Waals surface area contributed by atoms with Gasteiger partial charge in [-0.2, -0.15) is 0 Å². The summed E-state index contributed by atoms with van der Waals surface area (Å²) in [7, 11) is 0. The van der Waals surface area contributed by atoms with Gasteiger partial charge in [-0.3, -0.25) is 4.79 Å². The van der Waals surface area contributed by atoms with Crippen LogP contribution in [0.4, 0.5) is 0 Å². The van der Waals surface area contributed by atoms with Gasteiger partial charge in [0, 0.05) is 6.54 Å². The Labute approximate surface area is 116 Å². The van der Waals surface area contributed by atoms with E-state index in [4.69, 9.17) is 9.84 Å². The first-order chi connectivity index (χ1) is 9.17. The molecule has 1 aromatic rings. The van der Waals surface area contributed by atoms with Crippen LogP contribution in [0.15, 0.2) is 0 Å². The van der Waals surface area contributed by atoms with E-state index in [1.54, 1.807) is 4.90 Å². The van der Waals surface area contributed by atoms with Crippen molar-refractivity contribution < 1.29 is 14.6 Å². The Morgan fingerprint density at radius 3 is 3.11 bits per heavy atom. The Morgan fingerprint density at radius 2 is 2.42 bits per heavy atom. The van der Waals surface area contributed by atoms with Gasteiger partial charge in [0.25, 0.3) is 5.91 Å². The standard InChI is InChI=1S/C12H19N3O3S/c1-3-4-10-11(19-14-13-10)12(17)15-5-9(6-16)18-7-8(15)2/h8-9,16H,3-7H2,1-2H3. The van der Waals surface area contributed by atoms with E-state index in [-0.39, 0.29) is 24.7 Å². The lowest BCUT2D eigenvalue weighted by molar-refractivity contribution is -0.0666. The van der Waals surface area contributed by atoms with Crippen LogP contribution in [-0.4, -0.2) is 57.4 Å². The first kappa shape index (κ1) is 14.4. The minimum atomic E-state index is -0.296. The fourth-order valence-corrected chi connectivity index (χ4v) is 2.78. The summed E-state index contributed by atoms with van der Waals surface area (Å²) < 4.78 is 9.33. The highest BCUT2D eigenvalue weighted by Gasteiger charge is 2.32. The van der Waals surface area contributed by atoms with Gasteiger partial charge in [0.1, 0.15) is 4.88 Å². The van der Waals surface area contributed by atoms with E-state index in [1.807, 2.05) is 13.8 Å². The van der Waals surface area contributed by atoms with Crippen LogP contribution in [0.5, 0.6) is 0 Å². The number of aryl methyl sites for hydroxylation is 1. The van der Waals surface area contributed by atoms with Gasteiger partial charge in [0.2, 0.25) is 0 Å². The average molecular weight is 285 g/mol. The van der Waals surface area contributed by atoms with Crippen LogP contribution in [-0.2, 0) is 11.2 Å². The molecule has 1 saturated heterocycles. The molecule has 0 aliphatic carbocycles. The largest absolute Gasteiger partial charge is 0.394 e. The van der Waals surface area contributed by atoms with Crippen LogP contribution >= 0.6 is 11.5 Å². The topological polar surface area (TPSA) is 75.6 Å². The third-order valence-electron chi connectivity index (χ3n) is 3.21. The maximum absolute atomic E-state index is 12.5. The molecule has 2 atom stereocenters. The molecule has 1 aliphatic rings. The molecule has 2 unspecified atom stereocenters. The highest BCUT2D eigenvalue weighted by Crippen LogP contribution is 2.20. The summed E-state index contributed by atoms with van der Waals surface area (Å²) in [6, 6.07) is 0.00637. The van der Waals surface area contributed by atoms with Gasteiger partial charge in [0.05, 0.1) is 31.1 Å². The van der Waals surface area contributed by atoms with E-state index in [1.165, 1.54) is 0 Å². The number of aromatic nitrogens is 2. The highest BCUT2D eigenvalue weighted by atomic mass is 32.1. The second kappa shape index (κ2) is 6.40. The molecule has 0 bridgehead atoms. The van der Waals surface area contributed by atoms with Crippen LogP contribution in [0, 0.1) is 0 Å². The quantitative estimate of drug-likeness (QED) is 0.882. The molecule has 7 heteroatoms. The molecule has 2 heterocycles. The normalized spacial score (nSPS) is 23.6. The van der Waals surface area contributed by atoms with Crippen LogP contribution in [0.2, 0.25) is 0 Å². The second-order valence-electron chi connectivity index (χ2n) is 4.74. The van der Waals surface area contributed by atoms with E-state index >= 15 is 0 Å². The molecule has 19 heavy (non-hydrogen) atoms. The Balaban J connectivity index is 2.15. The molecule has 0 aromatic carbocycles. The maximum Gasteiger partial charge on any atom is 0.267 e. The maximum atomic E-state index is 12.5. The van der Waals surface area contributed by atoms with Crippen molar-refractivity contribution in [2.75, 3.05) is 19.8 Å². The van der Waals surface area contributed by atoms with Crippen molar-refractivity contribution in [3.05, 3.63) is 10.6 Å². The minimum Gasteiger partial charge on any atom is -0.394 e. The van der Waals surface area contributed by atoms with E-state index in [0.717, 1.165) is 30.1 Å². The lowest BCUT2D eigenvalue weighted by Crippen LogP contribution is -2.52. The van der Waals surface area contributed by atoms with Gasteiger partial charge in [-0.15, -0.1) is 5.10 Å². The molecule has 0 saturated carbocycles. The third-order valence-corrected chi connectivity index (χ3v) is 3.96. The SMILES string of the molecule is CCCc1nnsc1C(=O)N1CC(CO)OCC1C. The molecule has 1 amide bonds.